The number of hydrogen-bond acceptors (Lipinski definition) is 1. The van der Waals surface area contributed by atoms with Gasteiger partial charge in [-0.2, -0.15) is 0 Å². The lowest BCUT2D eigenvalue weighted by Gasteiger charge is -2.25. The third-order valence-electron chi connectivity index (χ3n) is 2.79. The molecular weight excluding hydrogens is 122 g/mol. The predicted octanol–water partition coefficient (Wildman–Crippen LogP) is 2.09. The third kappa shape index (κ3) is 1.34. The highest BCUT2D eigenvalue weighted by atomic mass is 14.9. The predicted molar refractivity (Wildman–Crippen MR) is 42.4 cm³/mol. The van der Waals surface area contributed by atoms with Gasteiger partial charge < -0.3 is 5.32 Å². The second-order valence-corrected chi connectivity index (χ2v) is 3.63. The highest BCUT2D eigenvalue weighted by molar-refractivity contribution is 4.94. The fourth-order valence-corrected chi connectivity index (χ4v) is 2.22. The zero-order valence-corrected chi connectivity index (χ0v) is 6.53. The van der Waals surface area contributed by atoms with Crippen molar-refractivity contribution in [3.05, 3.63) is 6.04 Å². The average Bonchev–Trinajstić information content (AvgIpc) is 2.12. The molecule has 0 spiro atoms. The molecule has 0 aromatic heterocycles. The van der Waals surface area contributed by atoms with Gasteiger partial charge in [-0.1, -0.05) is 12.8 Å². The van der Waals surface area contributed by atoms with Gasteiger partial charge in [0, 0.05) is 6.04 Å². The van der Waals surface area contributed by atoms with Crippen molar-refractivity contribution < 1.29 is 0 Å². The zero-order valence-electron chi connectivity index (χ0n) is 6.53. The third-order valence-corrected chi connectivity index (χ3v) is 2.79. The maximum Gasteiger partial charge on any atom is 0.0366 e. The highest BCUT2D eigenvalue weighted by Crippen LogP contribution is 2.33. The Kier molecular flexibility index (Phi) is 1.94. The molecule has 2 aliphatic rings. The molecule has 1 saturated heterocycles. The maximum absolute atomic E-state index is 3.53. The van der Waals surface area contributed by atoms with Gasteiger partial charge in [-0.05, 0) is 38.1 Å². The van der Waals surface area contributed by atoms with E-state index in [2.05, 4.69) is 5.32 Å². The molecule has 2 rings (SSSR count). The molecule has 1 nitrogen and oxygen atoms in total. The van der Waals surface area contributed by atoms with Crippen LogP contribution in [0.3, 0.4) is 0 Å². The molecular formula is C9H16N. The Morgan fingerprint density at radius 1 is 1.20 bits per heavy atom. The van der Waals surface area contributed by atoms with Crippen LogP contribution in [0.15, 0.2) is 0 Å². The summed E-state index contributed by atoms with van der Waals surface area (Å²) in [5.74, 6) is 1.04. The van der Waals surface area contributed by atoms with Crippen molar-refractivity contribution in [2.45, 2.75) is 38.5 Å². The minimum atomic E-state index is 1.04. The molecule has 57 valence electrons. The summed E-state index contributed by atoms with van der Waals surface area (Å²) in [6, 6.07) is 1.65. The van der Waals surface area contributed by atoms with E-state index in [1.165, 1.54) is 45.1 Å². The lowest BCUT2D eigenvalue weighted by atomic mass is 9.85. The molecule has 1 atom stereocenters. The summed E-state index contributed by atoms with van der Waals surface area (Å²) in [6.07, 6.45) is 8.54. The Morgan fingerprint density at radius 3 is 3.10 bits per heavy atom. The summed E-state index contributed by atoms with van der Waals surface area (Å²) in [7, 11) is 0. The van der Waals surface area contributed by atoms with Crippen LogP contribution in [-0.2, 0) is 0 Å². The van der Waals surface area contributed by atoms with Crippen LogP contribution in [0.5, 0.6) is 0 Å². The molecule has 1 aliphatic heterocycles. The van der Waals surface area contributed by atoms with E-state index >= 15 is 0 Å². The summed E-state index contributed by atoms with van der Waals surface area (Å²) in [5, 5.41) is 3.53. The quantitative estimate of drug-likeness (QED) is 0.540. The Labute approximate surface area is 63.2 Å². The van der Waals surface area contributed by atoms with Gasteiger partial charge in [-0.3, -0.25) is 0 Å². The van der Waals surface area contributed by atoms with Crippen molar-refractivity contribution in [3.63, 3.8) is 0 Å². The molecule has 1 saturated carbocycles. The Balaban J connectivity index is 1.96. The second-order valence-electron chi connectivity index (χ2n) is 3.63. The van der Waals surface area contributed by atoms with Crippen molar-refractivity contribution in [3.8, 4) is 0 Å². The van der Waals surface area contributed by atoms with Crippen molar-refractivity contribution >= 4 is 0 Å². The van der Waals surface area contributed by atoms with E-state index in [1.807, 2.05) is 0 Å². The first-order valence-corrected chi connectivity index (χ1v) is 4.54. The first-order valence-electron chi connectivity index (χ1n) is 4.54. The topological polar surface area (TPSA) is 12.0 Å². The minimum Gasteiger partial charge on any atom is -0.309 e. The standard InChI is InChI=1S/C9H16N/c1-3-8-4-2-6-10-9(5-1)7-8/h8,10H,1-7H2. The highest BCUT2D eigenvalue weighted by Gasteiger charge is 2.23. The van der Waals surface area contributed by atoms with E-state index in [1.54, 1.807) is 6.04 Å². The Morgan fingerprint density at radius 2 is 2.10 bits per heavy atom. The van der Waals surface area contributed by atoms with Crippen molar-refractivity contribution in [1.29, 1.82) is 0 Å². The van der Waals surface area contributed by atoms with E-state index < -0.39 is 0 Å². The SMILES string of the molecule is C1CN[C]2CCCC(C1)C2. The van der Waals surface area contributed by atoms with Crippen LogP contribution < -0.4 is 5.32 Å². The fourth-order valence-electron chi connectivity index (χ4n) is 2.22. The molecule has 2 fully saturated rings. The number of hydrogen-bond donors (Lipinski definition) is 1. The van der Waals surface area contributed by atoms with E-state index in [0.717, 1.165) is 5.92 Å². The van der Waals surface area contributed by atoms with Crippen LogP contribution in [0, 0.1) is 12.0 Å². The van der Waals surface area contributed by atoms with E-state index in [9.17, 15) is 0 Å². The zero-order chi connectivity index (χ0) is 6.81. The van der Waals surface area contributed by atoms with Crippen LogP contribution in [-0.4, -0.2) is 6.54 Å². The molecule has 1 radical (unpaired) electrons. The van der Waals surface area contributed by atoms with Gasteiger partial charge in [-0.25, -0.2) is 0 Å². The lowest BCUT2D eigenvalue weighted by molar-refractivity contribution is 0.367. The molecule has 1 heteroatoms. The molecule has 1 N–H and O–H groups in total. The van der Waals surface area contributed by atoms with E-state index in [4.69, 9.17) is 0 Å². The summed E-state index contributed by atoms with van der Waals surface area (Å²) in [6.45, 7) is 1.24. The fraction of sp³-hybridized carbons (Fsp3) is 0.889. The maximum atomic E-state index is 3.53. The molecule has 0 aromatic carbocycles. The average molecular weight is 138 g/mol. The van der Waals surface area contributed by atoms with Crippen LogP contribution in [0.25, 0.3) is 0 Å². The smallest absolute Gasteiger partial charge is 0.0366 e. The van der Waals surface area contributed by atoms with Crippen LogP contribution in [0.2, 0.25) is 0 Å². The monoisotopic (exact) mass is 138 g/mol. The van der Waals surface area contributed by atoms with Crippen molar-refractivity contribution in [1.82, 2.24) is 5.32 Å². The van der Waals surface area contributed by atoms with E-state index in [0.29, 0.717) is 0 Å². The largest absolute Gasteiger partial charge is 0.309 e. The van der Waals surface area contributed by atoms with Gasteiger partial charge in [0.25, 0.3) is 0 Å². The molecule has 1 aliphatic carbocycles. The summed E-state index contributed by atoms with van der Waals surface area (Å²) in [5.41, 5.74) is 0. The van der Waals surface area contributed by atoms with Crippen LogP contribution >= 0.6 is 0 Å². The first-order chi connectivity index (χ1) is 4.95. The Bertz CT molecular complexity index is 99.3. The van der Waals surface area contributed by atoms with Gasteiger partial charge in [-0.15, -0.1) is 0 Å². The van der Waals surface area contributed by atoms with Gasteiger partial charge >= 0.3 is 0 Å². The number of rotatable bonds is 0. The number of nitrogens with one attached hydrogen (secondary N) is 1. The van der Waals surface area contributed by atoms with Crippen LogP contribution in [0.1, 0.15) is 38.5 Å². The molecule has 0 aromatic rings. The number of fused-ring (bicyclic) bond motifs is 2. The van der Waals surface area contributed by atoms with Gasteiger partial charge in [0.2, 0.25) is 0 Å². The Hall–Kier alpha value is -0.0400. The van der Waals surface area contributed by atoms with Gasteiger partial charge in [0.15, 0.2) is 0 Å². The molecule has 2 bridgehead atoms. The van der Waals surface area contributed by atoms with Gasteiger partial charge in [0.05, 0.1) is 0 Å². The summed E-state index contributed by atoms with van der Waals surface area (Å²) >= 11 is 0. The lowest BCUT2D eigenvalue weighted by Crippen LogP contribution is -2.23. The first kappa shape index (κ1) is 6.66. The molecule has 1 unspecified atom stereocenters. The van der Waals surface area contributed by atoms with Crippen molar-refractivity contribution in [2.75, 3.05) is 6.54 Å². The van der Waals surface area contributed by atoms with Crippen LogP contribution in [0.4, 0.5) is 0 Å². The minimum absolute atomic E-state index is 1.04. The molecule has 0 amide bonds. The summed E-state index contributed by atoms with van der Waals surface area (Å²) in [4.78, 5) is 0. The van der Waals surface area contributed by atoms with E-state index in [-0.39, 0.29) is 0 Å². The second kappa shape index (κ2) is 2.91. The molecule has 1 heterocycles. The van der Waals surface area contributed by atoms with Gasteiger partial charge in [0.1, 0.15) is 0 Å². The normalized spacial score (nSPS) is 35.4. The molecule has 10 heavy (non-hydrogen) atoms. The van der Waals surface area contributed by atoms with Crippen molar-refractivity contribution in [2.24, 2.45) is 5.92 Å². The summed E-state index contributed by atoms with van der Waals surface area (Å²) < 4.78 is 0.